The minimum absolute atomic E-state index is 0.0763. The van der Waals surface area contributed by atoms with Crippen molar-refractivity contribution in [1.29, 1.82) is 0 Å². The molecule has 0 atom stereocenters. The zero-order valence-corrected chi connectivity index (χ0v) is 18.5. The molecule has 0 unspecified atom stereocenters. The van der Waals surface area contributed by atoms with Gasteiger partial charge in [-0.3, -0.25) is 14.5 Å². The van der Waals surface area contributed by atoms with Crippen LogP contribution in [0.25, 0.3) is 17.0 Å². The maximum Gasteiger partial charge on any atom is 0.281 e. The molecule has 164 valence electrons. The fraction of sp³-hybridized carbons (Fsp3) is 0.208. The predicted molar refractivity (Wildman–Crippen MR) is 129 cm³/mol. The molecule has 1 saturated heterocycles. The van der Waals surface area contributed by atoms with Crippen molar-refractivity contribution in [2.75, 3.05) is 25.2 Å². The second-order valence-corrected chi connectivity index (χ2v) is 7.78. The molecule has 7 nitrogen and oxygen atoms in total. The Morgan fingerprint density at radius 2 is 1.91 bits per heavy atom. The number of methoxy groups -OCH3 is 1. The normalized spacial score (nSPS) is 14.9. The summed E-state index contributed by atoms with van der Waals surface area (Å²) in [6.45, 7) is 1.36. The molecule has 3 aromatic rings. The molecule has 4 rings (SSSR count). The molecule has 1 aromatic heterocycles. The largest absolute Gasteiger partial charge is 0.385 e. The lowest BCUT2D eigenvalue weighted by atomic mass is 10.1. The van der Waals surface area contributed by atoms with Crippen molar-refractivity contribution in [3.63, 3.8) is 0 Å². The van der Waals surface area contributed by atoms with Gasteiger partial charge in [0.05, 0.1) is 5.69 Å². The molecule has 2 N–H and O–H groups in total. The van der Waals surface area contributed by atoms with E-state index < -0.39 is 0 Å². The van der Waals surface area contributed by atoms with Crippen LogP contribution in [0.3, 0.4) is 0 Å². The Morgan fingerprint density at radius 3 is 2.69 bits per heavy atom. The summed E-state index contributed by atoms with van der Waals surface area (Å²) in [6, 6.07) is 17.1. The van der Waals surface area contributed by atoms with Gasteiger partial charge < -0.3 is 19.9 Å². The molecule has 0 radical (unpaired) electrons. The van der Waals surface area contributed by atoms with E-state index in [2.05, 4.69) is 10.6 Å². The van der Waals surface area contributed by atoms with Gasteiger partial charge in [0.15, 0.2) is 5.11 Å². The van der Waals surface area contributed by atoms with Gasteiger partial charge in [-0.25, -0.2) is 0 Å². The Kier molecular flexibility index (Phi) is 6.63. The summed E-state index contributed by atoms with van der Waals surface area (Å²) in [4.78, 5) is 26.9. The van der Waals surface area contributed by atoms with Gasteiger partial charge in [0.25, 0.3) is 5.91 Å². The third-order valence-corrected chi connectivity index (χ3v) is 5.46. The lowest BCUT2D eigenvalue weighted by Crippen LogP contribution is -2.30. The standard InChI is InChI=1S/C24H24N4O3S/c1-31-13-7-12-25-22(29)16-27-15-17(19-10-5-6-11-21(19)27)14-20-23(30)28(24(32)26-20)18-8-3-2-4-9-18/h2-6,8-11,14-15H,7,12-13,16H2,1H3,(H,25,29)(H,26,32). The van der Waals surface area contributed by atoms with Gasteiger partial charge >= 0.3 is 0 Å². The van der Waals surface area contributed by atoms with Crippen molar-refractivity contribution in [3.8, 4) is 0 Å². The lowest BCUT2D eigenvalue weighted by Gasteiger charge is -2.13. The number of aromatic nitrogens is 1. The average Bonchev–Trinajstić information content (AvgIpc) is 3.28. The van der Waals surface area contributed by atoms with E-state index in [1.807, 2.05) is 65.4 Å². The van der Waals surface area contributed by atoms with Crippen LogP contribution in [0.1, 0.15) is 12.0 Å². The highest BCUT2D eigenvalue weighted by molar-refractivity contribution is 7.80. The minimum Gasteiger partial charge on any atom is -0.385 e. The molecule has 2 heterocycles. The zero-order valence-electron chi connectivity index (χ0n) is 17.7. The summed E-state index contributed by atoms with van der Waals surface area (Å²) < 4.78 is 6.90. The number of nitrogens with one attached hydrogen (secondary N) is 2. The Hall–Kier alpha value is -3.49. The maximum atomic E-state index is 13.0. The second-order valence-electron chi connectivity index (χ2n) is 7.39. The number of amides is 2. The Labute approximate surface area is 191 Å². The van der Waals surface area contributed by atoms with E-state index in [0.717, 1.165) is 22.9 Å². The van der Waals surface area contributed by atoms with E-state index in [1.54, 1.807) is 13.2 Å². The van der Waals surface area contributed by atoms with E-state index in [9.17, 15) is 9.59 Å². The number of hydrogen-bond acceptors (Lipinski definition) is 4. The lowest BCUT2D eigenvalue weighted by molar-refractivity contribution is -0.121. The van der Waals surface area contributed by atoms with Gasteiger partial charge in [-0.05, 0) is 42.9 Å². The van der Waals surface area contributed by atoms with Gasteiger partial charge in [0.1, 0.15) is 12.2 Å². The van der Waals surface area contributed by atoms with Gasteiger partial charge in [-0.15, -0.1) is 0 Å². The molecule has 8 heteroatoms. The number of benzene rings is 2. The van der Waals surface area contributed by atoms with Crippen LogP contribution in [0, 0.1) is 0 Å². The highest BCUT2D eigenvalue weighted by Gasteiger charge is 2.32. The first-order valence-corrected chi connectivity index (χ1v) is 10.7. The van der Waals surface area contributed by atoms with Crippen molar-refractivity contribution in [2.24, 2.45) is 0 Å². The van der Waals surface area contributed by atoms with Gasteiger partial charge in [0, 0.05) is 42.9 Å². The number of hydrogen-bond donors (Lipinski definition) is 2. The van der Waals surface area contributed by atoms with Crippen LogP contribution in [-0.4, -0.2) is 41.8 Å². The zero-order chi connectivity index (χ0) is 22.5. The topological polar surface area (TPSA) is 75.6 Å². The van der Waals surface area contributed by atoms with E-state index in [1.165, 1.54) is 4.90 Å². The third kappa shape index (κ3) is 4.56. The molecular weight excluding hydrogens is 424 g/mol. The average molecular weight is 449 g/mol. The van der Waals surface area contributed by atoms with Crippen LogP contribution in [0.15, 0.2) is 66.5 Å². The fourth-order valence-electron chi connectivity index (χ4n) is 3.68. The predicted octanol–water partition coefficient (Wildman–Crippen LogP) is 3.06. The fourth-order valence-corrected chi connectivity index (χ4v) is 3.98. The van der Waals surface area contributed by atoms with Gasteiger partial charge in [0.2, 0.25) is 5.91 Å². The number of para-hydroxylation sites is 2. The Balaban J connectivity index is 1.59. The first kappa shape index (κ1) is 21.7. The summed E-state index contributed by atoms with van der Waals surface area (Å²) in [5.41, 5.74) is 2.86. The molecule has 0 bridgehead atoms. The summed E-state index contributed by atoms with van der Waals surface area (Å²) in [6.07, 6.45) is 4.43. The number of carbonyl (C=O) groups is 2. The summed E-state index contributed by atoms with van der Waals surface area (Å²) in [5, 5.41) is 7.22. The quantitative estimate of drug-likeness (QED) is 0.315. The molecule has 0 saturated carbocycles. The molecule has 0 spiro atoms. The van der Waals surface area contributed by atoms with Crippen molar-refractivity contribution in [1.82, 2.24) is 15.2 Å². The summed E-state index contributed by atoms with van der Waals surface area (Å²) in [5.74, 6) is -0.290. The Bertz CT molecular complexity index is 1190. The van der Waals surface area contributed by atoms with Crippen molar-refractivity contribution in [2.45, 2.75) is 13.0 Å². The second kappa shape index (κ2) is 9.76. The van der Waals surface area contributed by atoms with Gasteiger partial charge in [-0.2, -0.15) is 0 Å². The van der Waals surface area contributed by atoms with E-state index in [-0.39, 0.29) is 18.4 Å². The van der Waals surface area contributed by atoms with E-state index >= 15 is 0 Å². The van der Waals surface area contributed by atoms with Crippen molar-refractivity contribution in [3.05, 3.63) is 72.1 Å². The number of rotatable bonds is 8. The van der Waals surface area contributed by atoms with Crippen LogP contribution in [0.5, 0.6) is 0 Å². The van der Waals surface area contributed by atoms with Crippen LogP contribution < -0.4 is 15.5 Å². The number of fused-ring (bicyclic) bond motifs is 1. The van der Waals surface area contributed by atoms with Gasteiger partial charge in [-0.1, -0.05) is 36.4 Å². The number of anilines is 1. The van der Waals surface area contributed by atoms with Crippen LogP contribution in [0.4, 0.5) is 5.69 Å². The monoisotopic (exact) mass is 448 g/mol. The number of carbonyl (C=O) groups excluding carboxylic acids is 2. The molecule has 1 aliphatic rings. The molecule has 2 aromatic carbocycles. The smallest absolute Gasteiger partial charge is 0.281 e. The first-order valence-electron chi connectivity index (χ1n) is 10.3. The number of nitrogens with zero attached hydrogens (tertiary/aromatic N) is 2. The molecule has 1 aliphatic heterocycles. The van der Waals surface area contributed by atoms with Crippen molar-refractivity contribution < 1.29 is 14.3 Å². The number of thiocarbonyl (C=S) groups is 1. The summed E-state index contributed by atoms with van der Waals surface area (Å²) >= 11 is 5.40. The van der Waals surface area contributed by atoms with E-state index in [4.69, 9.17) is 17.0 Å². The Morgan fingerprint density at radius 1 is 1.16 bits per heavy atom. The number of ether oxygens (including phenoxy) is 1. The molecule has 32 heavy (non-hydrogen) atoms. The minimum atomic E-state index is -0.214. The molecule has 2 amide bonds. The third-order valence-electron chi connectivity index (χ3n) is 5.17. The summed E-state index contributed by atoms with van der Waals surface area (Å²) in [7, 11) is 1.64. The van der Waals surface area contributed by atoms with Crippen LogP contribution in [-0.2, 0) is 20.9 Å². The molecule has 0 aliphatic carbocycles. The van der Waals surface area contributed by atoms with E-state index in [0.29, 0.717) is 29.6 Å². The molecule has 1 fully saturated rings. The highest BCUT2D eigenvalue weighted by atomic mass is 32.1. The van der Waals surface area contributed by atoms with Crippen LogP contribution in [0.2, 0.25) is 0 Å². The van der Waals surface area contributed by atoms with Crippen LogP contribution >= 0.6 is 12.2 Å². The molecular formula is C24H24N4O3S. The van der Waals surface area contributed by atoms with Crippen molar-refractivity contribution >= 4 is 51.8 Å². The first-order chi connectivity index (χ1) is 15.6. The SMILES string of the molecule is COCCCNC(=O)Cn1cc(C=C2NC(=S)N(c3ccccc3)C2=O)c2ccccc21. The maximum absolute atomic E-state index is 13.0. The highest BCUT2D eigenvalue weighted by Crippen LogP contribution is 2.26.